The normalized spacial score (nSPS) is 17.0. The van der Waals surface area contributed by atoms with Crippen LogP contribution in [0, 0.1) is 32.6 Å². The molecule has 11 heterocycles. The van der Waals surface area contributed by atoms with E-state index in [-0.39, 0.29) is 44.7 Å². The molecule has 0 unspecified atom stereocenters. The van der Waals surface area contributed by atoms with Crippen molar-refractivity contribution < 1.29 is 53.3 Å². The highest BCUT2D eigenvalue weighted by atomic mass is 32.2. The second-order valence-corrected chi connectivity index (χ2v) is 30.0. The third kappa shape index (κ3) is 19.0. The van der Waals surface area contributed by atoms with Crippen molar-refractivity contribution in [3.63, 3.8) is 0 Å². The zero-order valence-corrected chi connectivity index (χ0v) is 59.4. The molecule has 2 amide bonds. The Kier molecular flexibility index (Phi) is 20.8. The average Bonchev–Trinajstić information content (AvgIpc) is 1.62. The fourth-order valence-electron chi connectivity index (χ4n) is 12.5. The van der Waals surface area contributed by atoms with Crippen molar-refractivity contribution in [3.8, 4) is 0 Å². The molecule has 0 bridgehead atoms. The second-order valence-electron chi connectivity index (χ2n) is 26.9. The van der Waals surface area contributed by atoms with Crippen LogP contribution in [0.4, 0.5) is 93.2 Å². The van der Waals surface area contributed by atoms with Gasteiger partial charge in [-0.1, -0.05) is 18.2 Å². The van der Waals surface area contributed by atoms with Crippen molar-refractivity contribution >= 4 is 116 Å². The van der Waals surface area contributed by atoms with Gasteiger partial charge in [0.25, 0.3) is 5.91 Å². The summed E-state index contributed by atoms with van der Waals surface area (Å²) in [6, 6.07) is 34.4. The molecular formula is C70H84F8N22O2S3. The second kappa shape index (κ2) is 30.3. The maximum absolute atomic E-state index is 14.9. The Hall–Kier alpha value is -9.87. The summed E-state index contributed by atoms with van der Waals surface area (Å²) in [5.74, 6) is 4.17. The lowest BCUT2D eigenvalue weighted by atomic mass is 9.91. The van der Waals surface area contributed by atoms with Gasteiger partial charge >= 0.3 is 12.4 Å². The van der Waals surface area contributed by atoms with E-state index in [9.17, 15) is 44.7 Å². The van der Waals surface area contributed by atoms with Crippen molar-refractivity contribution in [2.45, 2.75) is 126 Å². The highest BCUT2D eigenvalue weighted by Gasteiger charge is 2.55. The molecule has 0 spiro atoms. The first kappa shape index (κ1) is 72.1. The summed E-state index contributed by atoms with van der Waals surface area (Å²) < 4.78 is 104. The summed E-state index contributed by atoms with van der Waals surface area (Å²) in [6.45, 7) is 9.79. The molecule has 8 N–H and O–H groups in total. The lowest BCUT2D eigenvalue weighted by molar-refractivity contribution is -0.150. The Balaban J connectivity index is 0.000000204. The first-order valence-corrected chi connectivity index (χ1v) is 36.5. The van der Waals surface area contributed by atoms with Gasteiger partial charge in [0.15, 0.2) is 32.9 Å². The van der Waals surface area contributed by atoms with Crippen LogP contribution in [0.3, 0.4) is 0 Å². The minimum Gasteiger partial charge on any atom is -0.353 e. The van der Waals surface area contributed by atoms with Crippen LogP contribution >= 0.6 is 35.3 Å². The number of nitrogens with zero attached hydrogens (tertiary/aromatic N) is 14. The number of amides is 2. The number of aryl methyl sites for hydroxylation is 3. The van der Waals surface area contributed by atoms with Gasteiger partial charge in [0.2, 0.25) is 5.91 Å². The van der Waals surface area contributed by atoms with Gasteiger partial charge in [-0.2, -0.15) is 41.6 Å². The van der Waals surface area contributed by atoms with E-state index in [2.05, 4.69) is 92.6 Å². The van der Waals surface area contributed by atoms with Crippen molar-refractivity contribution in [1.82, 2.24) is 75.7 Å². The zero-order valence-electron chi connectivity index (χ0n) is 56.9. The molecule has 2 aliphatic carbocycles. The van der Waals surface area contributed by atoms with E-state index >= 15 is 0 Å². The molecule has 10 aromatic rings. The number of hydrogen-bond donors (Lipinski definition) is 8. The number of benzene rings is 3. The minimum atomic E-state index is -4.55. The Morgan fingerprint density at radius 1 is 0.543 bits per heavy atom. The molecule has 7 aromatic heterocycles. The fraction of sp³-hybridized carbons (Fsp3) is 0.371. The number of rotatable bonds is 22. The van der Waals surface area contributed by atoms with Gasteiger partial charge in [-0.05, 0) is 180 Å². The van der Waals surface area contributed by atoms with Crippen molar-refractivity contribution in [1.29, 1.82) is 0 Å². The summed E-state index contributed by atoms with van der Waals surface area (Å²) in [4.78, 5) is 67.0. The van der Waals surface area contributed by atoms with Crippen molar-refractivity contribution in [2.24, 2.45) is 11.8 Å². The number of para-hydroxylation sites is 1. The van der Waals surface area contributed by atoms with Crippen LogP contribution < -0.4 is 41.3 Å². The highest BCUT2D eigenvalue weighted by Crippen LogP contribution is 2.50. The maximum atomic E-state index is 14.9. The average molecular weight is 1510 g/mol. The standard InChI is InChI=1S/C24H27F3N8OS.C23H23F4N7OS.C23H22FN7S.6H2/c1-15-10-20(33-32-15)29-19-11-21(35-13-17(14-35)34-8-2-3-9-34)31-23(30-19)37-18-6-4-16(5-7-18)28-22(36)12-24(25,26)27;1-13-8-18(33-32-13)29-17-9-19(34-11-22(24,12-34)15-4-5-15)31-21(30-17)36-16-6-2-14(3-7-16)20(35)28-10-23(25,26)27;1-14-8-20(30-29-14)26-19-10-21(31-12-23(24,13-31)16-6-7-16)28-22(27-19)32-17-9-15-4-2-3-5-18(15)25-11-17;;;;;;/h4-7,10-11,17H,2-3,8-9,12-14H2,1H3,(H,28,36)(H2,29,30,31,32,33);2-3,6-9,15H,4-5,10-12H2,1H3,(H,28,35)(H2,29,30,31,32,33);2-5,8-11,16H,6-7,12-13H2,1H3,(H2,26,27,28,29,30);6*1H. The molecule has 0 radical (unpaired) electrons. The topological polar surface area (TPSA) is 284 Å². The van der Waals surface area contributed by atoms with E-state index in [1.54, 1.807) is 42.5 Å². The summed E-state index contributed by atoms with van der Waals surface area (Å²) in [5.41, 5.74) is 1.84. The monoisotopic (exact) mass is 1510 g/mol. The number of alkyl halides is 8. The van der Waals surface area contributed by atoms with Gasteiger partial charge in [-0.25, -0.2) is 38.7 Å². The molecule has 0 atom stereocenters. The molecule has 4 aliphatic heterocycles. The molecule has 2 saturated carbocycles. The molecule has 16 rings (SSSR count). The Morgan fingerprint density at radius 3 is 1.43 bits per heavy atom. The van der Waals surface area contributed by atoms with E-state index < -0.39 is 48.5 Å². The van der Waals surface area contributed by atoms with Crippen LogP contribution in [0.2, 0.25) is 0 Å². The van der Waals surface area contributed by atoms with E-state index in [0.717, 1.165) is 101 Å². The number of aromatic amines is 3. The van der Waals surface area contributed by atoms with E-state index in [1.807, 2.05) is 96.7 Å². The highest BCUT2D eigenvalue weighted by molar-refractivity contribution is 7.99. The third-order valence-electron chi connectivity index (χ3n) is 18.1. The predicted molar refractivity (Wildman–Crippen MR) is 398 cm³/mol. The van der Waals surface area contributed by atoms with Gasteiger partial charge in [0.1, 0.15) is 59.2 Å². The van der Waals surface area contributed by atoms with Crippen molar-refractivity contribution in [3.05, 3.63) is 144 Å². The van der Waals surface area contributed by atoms with Gasteiger partial charge < -0.3 is 41.3 Å². The lowest BCUT2D eigenvalue weighted by Gasteiger charge is -2.45. The van der Waals surface area contributed by atoms with Crippen LogP contribution in [-0.4, -0.2) is 171 Å². The summed E-state index contributed by atoms with van der Waals surface area (Å²) >= 11 is 3.99. The summed E-state index contributed by atoms with van der Waals surface area (Å²) in [5, 5.41) is 37.5. The molecule has 24 nitrogen and oxygen atoms in total. The predicted octanol–water partition coefficient (Wildman–Crippen LogP) is 15.6. The van der Waals surface area contributed by atoms with Gasteiger partial charge in [-0.15, -0.1) is 0 Å². The molecule has 3 aromatic carbocycles. The van der Waals surface area contributed by atoms with E-state index in [4.69, 9.17) is 9.97 Å². The molecular weight excluding hydrogens is 1430 g/mol. The van der Waals surface area contributed by atoms with Crippen LogP contribution in [0.15, 0.2) is 152 Å². The molecule has 6 aliphatic rings. The quantitative estimate of drug-likeness (QED) is 0.0231. The molecule has 4 saturated heterocycles. The number of aromatic nitrogens is 13. The number of halogens is 8. The van der Waals surface area contributed by atoms with Gasteiger partial charge in [0, 0.05) is 119 Å². The third-order valence-corrected chi connectivity index (χ3v) is 20.7. The smallest absolute Gasteiger partial charge is 0.353 e. The number of fused-ring (bicyclic) bond motifs is 1. The lowest BCUT2D eigenvalue weighted by Crippen LogP contribution is -2.60. The Bertz CT molecular complexity index is 4760. The fourth-order valence-corrected chi connectivity index (χ4v) is 14.8. The SMILES string of the molecule is Cc1cc(Nc2cc(N3CC(F)(C4CC4)C3)nc(Sc3ccc(C(=O)NCC(F)(F)F)cc3)n2)n[nH]1.Cc1cc(Nc2cc(N3CC(F)(C4CC4)C3)nc(Sc3cnc4ccccc4c3)n2)n[nH]1.Cc1cc(Nc2cc(N3CC(N4CCCC4)C3)nc(Sc3ccc(NC(=O)CC(F)(F)F)cc3)n2)n[nH]1.[HH].[HH].[HH].[HH].[HH].[HH]. The molecule has 560 valence electrons. The number of pyridine rings is 1. The van der Waals surface area contributed by atoms with Crippen molar-refractivity contribution in [2.75, 3.05) is 94.9 Å². The largest absolute Gasteiger partial charge is 0.405 e. The molecule has 105 heavy (non-hydrogen) atoms. The van der Waals surface area contributed by atoms with E-state index in [0.29, 0.717) is 80.2 Å². The molecule has 6 fully saturated rings. The first-order valence-electron chi connectivity index (χ1n) is 34.0. The number of anilines is 10. The van der Waals surface area contributed by atoms with Crippen LogP contribution in [0.25, 0.3) is 10.9 Å². The number of carbonyl (C=O) groups excluding carboxylic acids is 2. The number of H-pyrrole nitrogens is 3. The number of likely N-dealkylation sites (tertiary alicyclic amines) is 1. The Morgan fingerprint density at radius 2 is 0.990 bits per heavy atom. The molecule has 35 heteroatoms. The van der Waals surface area contributed by atoms with Gasteiger partial charge in [-0.3, -0.25) is 34.8 Å². The summed E-state index contributed by atoms with van der Waals surface area (Å²) in [6.07, 6.45) is -2.38. The first-order chi connectivity index (χ1) is 50.3. The van der Waals surface area contributed by atoms with Crippen LogP contribution in [0.5, 0.6) is 0 Å². The minimum absolute atomic E-state index is 0. The number of nitrogens with one attached hydrogen (secondary N) is 8. The zero-order chi connectivity index (χ0) is 73.2. The van der Waals surface area contributed by atoms with Crippen LogP contribution in [-0.2, 0) is 4.79 Å². The van der Waals surface area contributed by atoms with Crippen LogP contribution in [0.1, 0.15) is 80.9 Å². The van der Waals surface area contributed by atoms with Gasteiger partial charge in [0.05, 0.1) is 31.7 Å². The van der Waals surface area contributed by atoms with E-state index in [1.165, 1.54) is 60.3 Å². The number of carbonyl (C=O) groups is 2. The maximum Gasteiger partial charge on any atom is 0.405 e. The number of hydrogen-bond acceptors (Lipinski definition) is 22. The summed E-state index contributed by atoms with van der Waals surface area (Å²) in [7, 11) is 0. The Labute approximate surface area is 618 Å².